The molecule has 0 N–H and O–H groups in total. The summed E-state index contributed by atoms with van der Waals surface area (Å²) < 4.78 is 22.6. The molecule has 2 aliphatic carbocycles. The Labute approximate surface area is 183 Å². The summed E-state index contributed by atoms with van der Waals surface area (Å²) in [4.78, 5) is 26.0. The average molecular weight is 429 g/mol. The largest absolute Gasteiger partial charge is 0.513 e. The zero-order valence-corrected chi connectivity index (χ0v) is 19.3. The van der Waals surface area contributed by atoms with Gasteiger partial charge in [-0.1, -0.05) is 31.5 Å². The molecule has 31 heavy (non-hydrogen) atoms. The van der Waals surface area contributed by atoms with Crippen molar-refractivity contribution in [3.8, 4) is 0 Å². The van der Waals surface area contributed by atoms with Crippen LogP contribution in [-0.2, 0) is 36.6 Å². The summed E-state index contributed by atoms with van der Waals surface area (Å²) in [5.41, 5.74) is 4.30. The van der Waals surface area contributed by atoms with Crippen LogP contribution in [0.25, 0.3) is 5.57 Å². The van der Waals surface area contributed by atoms with E-state index in [-0.39, 0.29) is 17.6 Å². The second-order valence-corrected chi connectivity index (χ2v) is 9.42. The van der Waals surface area contributed by atoms with Crippen molar-refractivity contribution in [1.82, 2.24) is 0 Å². The number of ketones is 1. The normalized spacial score (nSPS) is 29.0. The second kappa shape index (κ2) is 7.75. The van der Waals surface area contributed by atoms with Gasteiger partial charge in [-0.05, 0) is 63.1 Å². The molecule has 6 nitrogen and oxygen atoms in total. The topological polar surface area (TPSA) is 71.1 Å². The van der Waals surface area contributed by atoms with Crippen LogP contribution < -0.4 is 0 Å². The van der Waals surface area contributed by atoms with Crippen LogP contribution >= 0.6 is 0 Å². The molecule has 3 aliphatic rings. The van der Waals surface area contributed by atoms with Crippen LogP contribution in [0.1, 0.15) is 62.8 Å². The number of fused-ring (bicyclic) bond motifs is 1. The third-order valence-corrected chi connectivity index (χ3v) is 6.80. The van der Waals surface area contributed by atoms with Gasteiger partial charge in [0.2, 0.25) is 0 Å². The van der Waals surface area contributed by atoms with Gasteiger partial charge in [-0.2, -0.15) is 0 Å². The number of hydrogen-bond donors (Lipinski definition) is 0. The first-order chi connectivity index (χ1) is 14.6. The predicted octanol–water partition coefficient (Wildman–Crippen LogP) is 4.74. The molecule has 0 bridgehead atoms. The molecular weight excluding hydrogens is 396 g/mol. The van der Waals surface area contributed by atoms with Crippen molar-refractivity contribution >= 4 is 17.5 Å². The van der Waals surface area contributed by atoms with Crippen molar-refractivity contribution in [1.29, 1.82) is 0 Å². The summed E-state index contributed by atoms with van der Waals surface area (Å²) in [6.45, 7) is 10.4. The highest BCUT2D eigenvalue weighted by Gasteiger charge is 2.60. The van der Waals surface area contributed by atoms with Gasteiger partial charge in [0.1, 0.15) is 5.76 Å². The third kappa shape index (κ3) is 3.70. The highest BCUT2D eigenvalue weighted by Crippen LogP contribution is 2.56. The van der Waals surface area contributed by atoms with Crippen LogP contribution in [-0.4, -0.2) is 37.0 Å². The zero-order chi connectivity index (χ0) is 22.6. The van der Waals surface area contributed by atoms with Crippen molar-refractivity contribution in [2.75, 3.05) is 13.7 Å². The van der Waals surface area contributed by atoms with E-state index in [1.807, 2.05) is 13.8 Å². The summed E-state index contributed by atoms with van der Waals surface area (Å²) in [6, 6.07) is 4.24. The number of rotatable bonds is 4. The van der Waals surface area contributed by atoms with Crippen LogP contribution in [0.15, 0.2) is 17.9 Å². The Kier molecular flexibility index (Phi) is 5.51. The molecule has 1 saturated heterocycles. The standard InChI is InChI=1S/C25H32O6/c1-7-15-9-14(3)10-16(8-2)19(15)20-21(26)17-11-25(13-29-24(4,5)31-25)12-18(17)22(20)30-23(27)28-6/h9-10,17-18H,7-8,11-13H2,1-6H3/t17-,18+,25-/m1/s1. The number of Topliss-reactive ketones (excluding diaryl/α,β-unsaturated/α-hetero) is 1. The summed E-state index contributed by atoms with van der Waals surface area (Å²) in [5.74, 6) is -0.737. The Bertz CT molecular complexity index is 934. The summed E-state index contributed by atoms with van der Waals surface area (Å²) in [6.07, 6.45) is 1.92. The van der Waals surface area contributed by atoms with E-state index in [1.165, 1.54) is 7.11 Å². The van der Waals surface area contributed by atoms with E-state index in [0.717, 1.165) is 35.1 Å². The van der Waals surface area contributed by atoms with E-state index < -0.39 is 17.5 Å². The summed E-state index contributed by atoms with van der Waals surface area (Å²) in [5, 5.41) is 0. The van der Waals surface area contributed by atoms with Gasteiger partial charge in [-0.3, -0.25) is 4.79 Å². The molecule has 2 fully saturated rings. The van der Waals surface area contributed by atoms with Gasteiger partial charge in [0.25, 0.3) is 0 Å². The molecule has 168 valence electrons. The number of methoxy groups -OCH3 is 1. The molecule has 0 amide bonds. The zero-order valence-electron chi connectivity index (χ0n) is 19.3. The molecule has 1 heterocycles. The lowest BCUT2D eigenvalue weighted by Gasteiger charge is -2.26. The first kappa shape index (κ1) is 22.0. The average Bonchev–Trinajstić information content (AvgIpc) is 3.32. The van der Waals surface area contributed by atoms with E-state index in [0.29, 0.717) is 30.8 Å². The SMILES string of the molecule is CCc1cc(C)cc(CC)c1C1=C(OC(=O)OC)[C@H]2C[C@@]3(COC(C)(C)O3)C[C@H]2C1=O. The Morgan fingerprint density at radius 2 is 1.74 bits per heavy atom. The lowest BCUT2D eigenvalue weighted by molar-refractivity contribution is -0.161. The van der Waals surface area contributed by atoms with Gasteiger partial charge in [0.05, 0.1) is 24.9 Å². The maximum atomic E-state index is 13.8. The number of carbonyl (C=O) groups is 2. The summed E-state index contributed by atoms with van der Waals surface area (Å²) in [7, 11) is 1.28. The third-order valence-electron chi connectivity index (χ3n) is 6.80. The molecule has 3 atom stereocenters. The number of carbonyl (C=O) groups excluding carboxylic acids is 2. The maximum absolute atomic E-state index is 13.8. The lowest BCUT2D eigenvalue weighted by atomic mass is 9.86. The Morgan fingerprint density at radius 1 is 1.13 bits per heavy atom. The van der Waals surface area contributed by atoms with Crippen molar-refractivity contribution in [3.05, 3.63) is 40.1 Å². The fourth-order valence-electron chi connectivity index (χ4n) is 5.62. The number of hydrogen-bond acceptors (Lipinski definition) is 6. The minimum Gasteiger partial charge on any atom is -0.437 e. The van der Waals surface area contributed by atoms with E-state index in [2.05, 4.69) is 32.9 Å². The Hall–Kier alpha value is -2.18. The van der Waals surface area contributed by atoms with E-state index >= 15 is 0 Å². The summed E-state index contributed by atoms with van der Waals surface area (Å²) >= 11 is 0. The lowest BCUT2D eigenvalue weighted by Crippen LogP contribution is -2.32. The molecule has 0 radical (unpaired) electrons. The highest BCUT2D eigenvalue weighted by atomic mass is 16.8. The smallest absolute Gasteiger partial charge is 0.437 e. The van der Waals surface area contributed by atoms with Crippen molar-refractivity contribution in [3.63, 3.8) is 0 Å². The highest BCUT2D eigenvalue weighted by molar-refractivity contribution is 6.26. The quantitative estimate of drug-likeness (QED) is 0.645. The molecule has 6 heteroatoms. The fourth-order valence-corrected chi connectivity index (χ4v) is 5.62. The monoisotopic (exact) mass is 428 g/mol. The fraction of sp³-hybridized carbons (Fsp3) is 0.600. The first-order valence-corrected chi connectivity index (χ1v) is 11.1. The van der Waals surface area contributed by atoms with Gasteiger partial charge in [0, 0.05) is 11.8 Å². The van der Waals surface area contributed by atoms with E-state index in [9.17, 15) is 9.59 Å². The molecule has 1 spiro atoms. The molecule has 1 saturated carbocycles. The number of allylic oxidation sites excluding steroid dienone is 2. The predicted molar refractivity (Wildman–Crippen MR) is 115 cm³/mol. The van der Waals surface area contributed by atoms with Crippen LogP contribution in [0.5, 0.6) is 0 Å². The molecule has 0 unspecified atom stereocenters. The minimum absolute atomic E-state index is 0.0299. The van der Waals surface area contributed by atoms with E-state index in [4.69, 9.17) is 18.9 Å². The molecule has 1 aliphatic heterocycles. The van der Waals surface area contributed by atoms with E-state index in [1.54, 1.807) is 0 Å². The van der Waals surface area contributed by atoms with Crippen LogP contribution in [0.2, 0.25) is 0 Å². The number of ether oxygens (including phenoxy) is 4. The van der Waals surface area contributed by atoms with Gasteiger partial charge in [0.15, 0.2) is 11.6 Å². The van der Waals surface area contributed by atoms with Crippen LogP contribution in [0.4, 0.5) is 4.79 Å². The van der Waals surface area contributed by atoms with Crippen molar-refractivity contribution in [2.45, 2.75) is 71.7 Å². The second-order valence-electron chi connectivity index (χ2n) is 9.42. The van der Waals surface area contributed by atoms with Gasteiger partial charge < -0.3 is 18.9 Å². The Balaban J connectivity index is 1.84. The molecular formula is C25H32O6. The van der Waals surface area contributed by atoms with Crippen molar-refractivity contribution < 1.29 is 28.5 Å². The van der Waals surface area contributed by atoms with Gasteiger partial charge in [-0.25, -0.2) is 4.79 Å². The van der Waals surface area contributed by atoms with Crippen LogP contribution in [0.3, 0.4) is 0 Å². The first-order valence-electron chi connectivity index (χ1n) is 11.1. The molecule has 1 aromatic carbocycles. The molecule has 0 aromatic heterocycles. The number of aryl methyl sites for hydroxylation is 3. The minimum atomic E-state index is -0.797. The van der Waals surface area contributed by atoms with Crippen molar-refractivity contribution in [2.24, 2.45) is 11.8 Å². The van der Waals surface area contributed by atoms with Gasteiger partial charge >= 0.3 is 6.16 Å². The molecule has 1 aromatic rings. The maximum Gasteiger partial charge on any atom is 0.513 e. The van der Waals surface area contributed by atoms with Gasteiger partial charge in [-0.15, -0.1) is 0 Å². The van der Waals surface area contributed by atoms with Crippen LogP contribution in [0, 0.1) is 18.8 Å². The number of benzene rings is 1. The Morgan fingerprint density at radius 3 is 2.26 bits per heavy atom. The molecule has 4 rings (SSSR count).